The van der Waals surface area contributed by atoms with Gasteiger partial charge in [-0.25, -0.2) is 0 Å². The molecule has 1 fully saturated rings. The zero-order valence-corrected chi connectivity index (χ0v) is 17.6. The lowest BCUT2D eigenvalue weighted by atomic mass is 9.99. The van der Waals surface area contributed by atoms with E-state index in [2.05, 4.69) is 6.07 Å². The normalized spacial score (nSPS) is 22.6. The van der Waals surface area contributed by atoms with Crippen molar-refractivity contribution in [1.29, 1.82) is 0 Å². The Labute approximate surface area is 181 Å². The number of carbonyl (C=O) groups is 2. The molecule has 162 valence electrons. The molecule has 7 heteroatoms. The van der Waals surface area contributed by atoms with E-state index >= 15 is 0 Å². The first kappa shape index (κ1) is 19.9. The highest BCUT2D eigenvalue weighted by Gasteiger charge is 2.39. The van der Waals surface area contributed by atoms with Gasteiger partial charge in [-0.1, -0.05) is 29.8 Å². The third kappa shape index (κ3) is 3.85. The molecule has 2 atom stereocenters. The van der Waals surface area contributed by atoms with Gasteiger partial charge >= 0.3 is 0 Å². The van der Waals surface area contributed by atoms with Crippen LogP contribution < -0.4 is 14.4 Å². The zero-order valence-electron chi connectivity index (χ0n) is 17.6. The lowest BCUT2D eigenvalue weighted by Gasteiger charge is -2.39. The number of fused-ring (bicyclic) bond motifs is 2. The predicted octanol–water partition coefficient (Wildman–Crippen LogP) is 2.34. The Balaban J connectivity index is 1.38. The molecule has 2 amide bonds. The van der Waals surface area contributed by atoms with E-state index < -0.39 is 12.2 Å². The molecule has 2 aromatic rings. The lowest BCUT2D eigenvalue weighted by Crippen LogP contribution is -2.56. The van der Waals surface area contributed by atoms with Crippen LogP contribution in [-0.4, -0.2) is 61.8 Å². The fraction of sp³-hybridized carbons (Fsp3) is 0.417. The molecule has 2 unspecified atom stereocenters. The van der Waals surface area contributed by atoms with Gasteiger partial charge in [-0.05, 0) is 43.5 Å². The Morgan fingerprint density at radius 3 is 2.55 bits per heavy atom. The average Bonchev–Trinajstić information content (AvgIpc) is 2.82. The highest BCUT2D eigenvalue weighted by Crippen LogP contribution is 2.36. The van der Waals surface area contributed by atoms with Crippen LogP contribution in [0.15, 0.2) is 42.5 Å². The number of amides is 2. The minimum Gasteiger partial charge on any atom is -0.480 e. The molecule has 3 aliphatic heterocycles. The Morgan fingerprint density at radius 2 is 1.71 bits per heavy atom. The van der Waals surface area contributed by atoms with Crippen LogP contribution in [0.25, 0.3) is 0 Å². The van der Waals surface area contributed by atoms with E-state index in [4.69, 9.17) is 14.2 Å². The summed E-state index contributed by atoms with van der Waals surface area (Å²) in [6.45, 7) is 4.34. The topological polar surface area (TPSA) is 68.3 Å². The molecule has 0 radical (unpaired) electrons. The molecular weight excluding hydrogens is 396 g/mol. The van der Waals surface area contributed by atoms with Gasteiger partial charge in [0.15, 0.2) is 12.2 Å². The van der Waals surface area contributed by atoms with Crippen molar-refractivity contribution < 1.29 is 23.8 Å². The van der Waals surface area contributed by atoms with Gasteiger partial charge in [0.1, 0.15) is 11.5 Å². The second kappa shape index (κ2) is 8.23. The van der Waals surface area contributed by atoms with Gasteiger partial charge in [0.25, 0.3) is 11.8 Å². The number of hydrogen-bond acceptors (Lipinski definition) is 5. The molecule has 7 nitrogen and oxygen atoms in total. The zero-order chi connectivity index (χ0) is 21.4. The molecule has 5 rings (SSSR count). The van der Waals surface area contributed by atoms with Crippen molar-refractivity contribution in [1.82, 2.24) is 4.90 Å². The third-order valence-corrected chi connectivity index (χ3v) is 6.07. The molecule has 0 saturated carbocycles. The fourth-order valence-corrected chi connectivity index (χ4v) is 4.42. The molecule has 31 heavy (non-hydrogen) atoms. The van der Waals surface area contributed by atoms with E-state index in [0.717, 1.165) is 17.7 Å². The Kier molecular flexibility index (Phi) is 5.28. The number of para-hydroxylation sites is 2. The largest absolute Gasteiger partial charge is 0.480 e. The fourth-order valence-electron chi connectivity index (χ4n) is 4.42. The molecule has 0 bridgehead atoms. The molecule has 3 aliphatic rings. The first-order chi connectivity index (χ1) is 15.1. The van der Waals surface area contributed by atoms with Crippen LogP contribution in [0, 0.1) is 6.92 Å². The van der Waals surface area contributed by atoms with Crippen LogP contribution in [0.1, 0.15) is 17.5 Å². The predicted molar refractivity (Wildman–Crippen MR) is 115 cm³/mol. The van der Waals surface area contributed by atoms with Gasteiger partial charge in [-0.3, -0.25) is 9.59 Å². The smallest absolute Gasteiger partial charge is 0.268 e. The summed E-state index contributed by atoms with van der Waals surface area (Å²) in [6.07, 6.45) is 0.0721. The van der Waals surface area contributed by atoms with E-state index in [1.807, 2.05) is 37.3 Å². The quantitative estimate of drug-likeness (QED) is 0.743. The van der Waals surface area contributed by atoms with Gasteiger partial charge < -0.3 is 24.0 Å². The Hall–Kier alpha value is -3.06. The summed E-state index contributed by atoms with van der Waals surface area (Å²) >= 11 is 0. The van der Waals surface area contributed by atoms with Crippen LogP contribution in [0.2, 0.25) is 0 Å². The lowest BCUT2D eigenvalue weighted by molar-refractivity contribution is -0.143. The summed E-state index contributed by atoms with van der Waals surface area (Å²) in [5.74, 6) is 1.06. The average molecular weight is 422 g/mol. The minimum absolute atomic E-state index is 0.110. The SMILES string of the molecule is Cc1ccc2c(c1)CCC(C(=O)N1CC(C(=O)N3CCOCC3)Oc3ccccc31)O2. The number of aryl methyl sites for hydroxylation is 2. The van der Waals surface area contributed by atoms with Crippen LogP contribution >= 0.6 is 0 Å². The van der Waals surface area contributed by atoms with Crippen molar-refractivity contribution in [2.45, 2.75) is 32.0 Å². The van der Waals surface area contributed by atoms with Crippen molar-refractivity contribution in [2.24, 2.45) is 0 Å². The van der Waals surface area contributed by atoms with Gasteiger partial charge in [0.05, 0.1) is 25.4 Å². The van der Waals surface area contributed by atoms with Gasteiger partial charge in [-0.15, -0.1) is 0 Å². The molecule has 0 spiro atoms. The maximum Gasteiger partial charge on any atom is 0.268 e. The van der Waals surface area contributed by atoms with E-state index in [0.29, 0.717) is 44.2 Å². The second-order valence-corrected chi connectivity index (χ2v) is 8.22. The number of carbonyl (C=O) groups excluding carboxylic acids is 2. The number of hydrogen-bond donors (Lipinski definition) is 0. The molecule has 3 heterocycles. The maximum atomic E-state index is 13.5. The number of ether oxygens (including phenoxy) is 3. The summed E-state index contributed by atoms with van der Waals surface area (Å²) in [7, 11) is 0. The van der Waals surface area contributed by atoms with Gasteiger partial charge in [-0.2, -0.15) is 0 Å². The molecule has 0 aliphatic carbocycles. The summed E-state index contributed by atoms with van der Waals surface area (Å²) in [5, 5.41) is 0. The summed E-state index contributed by atoms with van der Waals surface area (Å²) < 4.78 is 17.5. The number of rotatable bonds is 2. The molecule has 1 saturated heterocycles. The first-order valence-electron chi connectivity index (χ1n) is 10.8. The van der Waals surface area contributed by atoms with Crippen molar-refractivity contribution in [3.05, 3.63) is 53.6 Å². The number of benzene rings is 2. The van der Waals surface area contributed by atoms with Crippen LogP contribution in [-0.2, 0) is 20.7 Å². The highest BCUT2D eigenvalue weighted by atomic mass is 16.5. The van der Waals surface area contributed by atoms with E-state index in [1.165, 1.54) is 5.56 Å². The molecule has 0 aromatic heterocycles. The Morgan fingerprint density at radius 1 is 0.935 bits per heavy atom. The van der Waals surface area contributed by atoms with Crippen LogP contribution in [0.3, 0.4) is 0 Å². The van der Waals surface area contributed by atoms with E-state index in [1.54, 1.807) is 15.9 Å². The van der Waals surface area contributed by atoms with E-state index in [9.17, 15) is 9.59 Å². The second-order valence-electron chi connectivity index (χ2n) is 8.22. The van der Waals surface area contributed by atoms with Crippen molar-refractivity contribution in [3.63, 3.8) is 0 Å². The standard InChI is InChI=1S/C24H26N2O5/c1-16-6-8-19-17(14-16)7-9-21(30-19)24(28)26-15-22(23(27)25-10-12-29-13-11-25)31-20-5-3-2-4-18(20)26/h2-6,8,14,21-22H,7,9-13,15H2,1H3. The van der Waals surface area contributed by atoms with Crippen molar-refractivity contribution in [3.8, 4) is 11.5 Å². The molecule has 2 aromatic carbocycles. The number of morpholine rings is 1. The third-order valence-electron chi connectivity index (χ3n) is 6.07. The summed E-state index contributed by atoms with van der Waals surface area (Å²) in [4.78, 5) is 30.0. The van der Waals surface area contributed by atoms with Gasteiger partial charge in [0.2, 0.25) is 0 Å². The minimum atomic E-state index is -0.740. The molecular formula is C24H26N2O5. The number of anilines is 1. The van der Waals surface area contributed by atoms with Crippen molar-refractivity contribution >= 4 is 17.5 Å². The molecule has 0 N–H and O–H groups in total. The maximum absolute atomic E-state index is 13.5. The first-order valence-corrected chi connectivity index (χ1v) is 10.8. The van der Waals surface area contributed by atoms with Gasteiger partial charge in [0, 0.05) is 13.1 Å². The highest BCUT2D eigenvalue weighted by molar-refractivity contribution is 6.00. The Bertz CT molecular complexity index is 1000. The summed E-state index contributed by atoms with van der Waals surface area (Å²) in [6, 6.07) is 13.4. The van der Waals surface area contributed by atoms with Crippen LogP contribution in [0.4, 0.5) is 5.69 Å². The van der Waals surface area contributed by atoms with Crippen molar-refractivity contribution in [2.75, 3.05) is 37.7 Å². The van der Waals surface area contributed by atoms with E-state index in [-0.39, 0.29) is 18.4 Å². The number of nitrogens with zero attached hydrogens (tertiary/aromatic N) is 2. The monoisotopic (exact) mass is 422 g/mol. The van der Waals surface area contributed by atoms with Crippen LogP contribution in [0.5, 0.6) is 11.5 Å². The summed E-state index contributed by atoms with van der Waals surface area (Å²) in [5.41, 5.74) is 2.99.